The first-order valence-corrected chi connectivity index (χ1v) is 8.37. The average molecular weight is 342 g/mol. The van der Waals surface area contributed by atoms with Crippen LogP contribution in [0.15, 0.2) is 79.1 Å². The number of hydrogen-bond acceptors (Lipinski definition) is 2. The Balaban J connectivity index is 1.64. The van der Waals surface area contributed by atoms with E-state index < -0.39 is 0 Å². The third-order valence-corrected chi connectivity index (χ3v) is 4.16. The van der Waals surface area contributed by atoms with Crippen molar-refractivity contribution >= 4 is 23.1 Å². The molecule has 0 saturated carbocycles. The van der Waals surface area contributed by atoms with Gasteiger partial charge in [0.2, 0.25) is 0 Å². The number of amides is 2. The number of rotatable bonds is 3. The number of nitrogens with one attached hydrogen (secondary N) is 2. The molecule has 2 aromatic carbocycles. The number of anilines is 2. The van der Waals surface area contributed by atoms with Crippen molar-refractivity contribution in [3.63, 3.8) is 0 Å². The largest absolute Gasteiger partial charge is 0.323 e. The van der Waals surface area contributed by atoms with Crippen LogP contribution < -0.4 is 10.6 Å². The van der Waals surface area contributed by atoms with E-state index in [-0.39, 0.29) is 6.03 Å². The molecule has 0 radical (unpaired) electrons. The highest BCUT2D eigenvalue weighted by molar-refractivity contribution is 6.02. The molecule has 2 N–H and O–H groups in total. The van der Waals surface area contributed by atoms with Crippen LogP contribution in [-0.4, -0.2) is 15.4 Å². The molecule has 2 heterocycles. The summed E-state index contributed by atoms with van der Waals surface area (Å²) in [7, 11) is 0. The molecule has 5 nitrogen and oxygen atoms in total. The number of aryl methyl sites for hydroxylation is 1. The van der Waals surface area contributed by atoms with Crippen molar-refractivity contribution in [2.75, 3.05) is 10.6 Å². The van der Waals surface area contributed by atoms with Gasteiger partial charge in [-0.2, -0.15) is 0 Å². The van der Waals surface area contributed by atoms with Gasteiger partial charge in [0.15, 0.2) is 0 Å². The Kier molecular flexibility index (Phi) is 4.11. The lowest BCUT2D eigenvalue weighted by Crippen LogP contribution is -2.19. The Hall–Kier alpha value is -3.60. The van der Waals surface area contributed by atoms with Crippen LogP contribution in [0, 0.1) is 6.92 Å². The maximum absolute atomic E-state index is 12.3. The molecule has 0 bridgehead atoms. The minimum Gasteiger partial charge on any atom is -0.308 e. The Labute approximate surface area is 151 Å². The topological polar surface area (TPSA) is 58.4 Å². The zero-order chi connectivity index (χ0) is 17.9. The number of carbonyl (C=O) groups excluding carboxylic acids is 1. The van der Waals surface area contributed by atoms with Crippen LogP contribution in [-0.2, 0) is 0 Å². The van der Waals surface area contributed by atoms with Crippen molar-refractivity contribution in [1.82, 2.24) is 9.38 Å². The van der Waals surface area contributed by atoms with Crippen LogP contribution in [0.1, 0.15) is 5.56 Å². The van der Waals surface area contributed by atoms with E-state index in [9.17, 15) is 4.79 Å². The Bertz CT molecular complexity index is 1070. The van der Waals surface area contributed by atoms with E-state index in [1.165, 1.54) is 0 Å². The lowest BCUT2D eigenvalue weighted by atomic mass is 10.1. The number of carbonyl (C=O) groups is 1. The monoisotopic (exact) mass is 342 g/mol. The van der Waals surface area contributed by atoms with E-state index in [2.05, 4.69) is 10.6 Å². The van der Waals surface area contributed by atoms with Crippen LogP contribution in [0.2, 0.25) is 0 Å². The highest BCUT2D eigenvalue weighted by atomic mass is 16.2. The molecule has 0 fully saturated rings. The van der Waals surface area contributed by atoms with Gasteiger partial charge in [0.1, 0.15) is 5.65 Å². The first-order chi connectivity index (χ1) is 12.7. The van der Waals surface area contributed by atoms with Gasteiger partial charge in [-0.15, -0.1) is 0 Å². The number of nitrogens with zero attached hydrogens (tertiary/aromatic N) is 2. The number of hydrogen-bond donors (Lipinski definition) is 2. The normalized spacial score (nSPS) is 10.7. The first kappa shape index (κ1) is 15.9. The molecular formula is C21H18N4O. The minimum atomic E-state index is -0.288. The van der Waals surface area contributed by atoms with Crippen LogP contribution >= 0.6 is 0 Å². The molecular weight excluding hydrogens is 324 g/mol. The zero-order valence-electron chi connectivity index (χ0n) is 14.3. The molecule has 5 heteroatoms. The molecule has 26 heavy (non-hydrogen) atoms. The van der Waals surface area contributed by atoms with Crippen LogP contribution in [0.25, 0.3) is 16.9 Å². The maximum Gasteiger partial charge on any atom is 0.323 e. The van der Waals surface area contributed by atoms with Crippen molar-refractivity contribution < 1.29 is 4.79 Å². The molecule has 0 aliphatic heterocycles. The van der Waals surface area contributed by atoms with E-state index >= 15 is 0 Å². The predicted octanol–water partition coefficient (Wildman–Crippen LogP) is 4.95. The summed E-state index contributed by atoms with van der Waals surface area (Å²) in [4.78, 5) is 17.1. The molecule has 0 atom stereocenters. The van der Waals surface area contributed by atoms with E-state index in [4.69, 9.17) is 4.98 Å². The smallest absolute Gasteiger partial charge is 0.308 e. The highest BCUT2D eigenvalue weighted by Crippen LogP contribution is 2.28. The lowest BCUT2D eigenvalue weighted by Gasteiger charge is -2.10. The number of pyridine rings is 1. The van der Waals surface area contributed by atoms with E-state index in [1.54, 1.807) is 0 Å². The summed E-state index contributed by atoms with van der Waals surface area (Å²) in [5.41, 5.74) is 5.15. The molecule has 0 saturated heterocycles. The fraction of sp³-hybridized carbons (Fsp3) is 0.0476. The minimum absolute atomic E-state index is 0.288. The maximum atomic E-state index is 12.3. The summed E-state index contributed by atoms with van der Waals surface area (Å²) in [5, 5.41) is 5.75. The Morgan fingerprint density at radius 2 is 1.69 bits per heavy atom. The summed E-state index contributed by atoms with van der Waals surface area (Å²) in [6, 6.07) is 20.7. The average Bonchev–Trinajstić information content (AvgIpc) is 3.08. The van der Waals surface area contributed by atoms with E-state index in [1.807, 2.05) is 90.4 Å². The van der Waals surface area contributed by atoms with Crippen molar-refractivity contribution in [3.05, 3.63) is 84.7 Å². The van der Waals surface area contributed by atoms with Crippen molar-refractivity contribution in [2.24, 2.45) is 0 Å². The van der Waals surface area contributed by atoms with Crippen LogP contribution in [0.3, 0.4) is 0 Å². The highest BCUT2D eigenvalue weighted by Gasteiger charge is 2.12. The second-order valence-corrected chi connectivity index (χ2v) is 6.04. The summed E-state index contributed by atoms with van der Waals surface area (Å²) in [5.74, 6) is 0. The SMILES string of the molecule is Cc1cccn2cc(-c3ccccc3NC(=O)Nc3ccccc3)nc12. The zero-order valence-corrected chi connectivity index (χ0v) is 14.3. The molecule has 0 aliphatic rings. The third kappa shape index (κ3) is 3.15. The Morgan fingerprint density at radius 3 is 2.50 bits per heavy atom. The van der Waals surface area contributed by atoms with Gasteiger partial charge >= 0.3 is 6.03 Å². The van der Waals surface area contributed by atoms with Gasteiger partial charge in [-0.3, -0.25) is 0 Å². The van der Waals surface area contributed by atoms with Crippen LogP contribution in [0.5, 0.6) is 0 Å². The predicted molar refractivity (Wildman–Crippen MR) is 104 cm³/mol. The number of urea groups is 1. The van der Waals surface area contributed by atoms with Gasteiger partial charge in [0.25, 0.3) is 0 Å². The third-order valence-electron chi connectivity index (χ3n) is 4.16. The second-order valence-electron chi connectivity index (χ2n) is 6.04. The summed E-state index contributed by atoms with van der Waals surface area (Å²) in [6.45, 7) is 2.03. The molecule has 2 aromatic heterocycles. The van der Waals surface area contributed by atoms with Crippen molar-refractivity contribution in [3.8, 4) is 11.3 Å². The fourth-order valence-electron chi connectivity index (χ4n) is 2.91. The summed E-state index contributed by atoms with van der Waals surface area (Å²) < 4.78 is 1.99. The van der Waals surface area contributed by atoms with E-state index in [0.717, 1.165) is 28.2 Å². The lowest BCUT2D eigenvalue weighted by molar-refractivity contribution is 0.262. The first-order valence-electron chi connectivity index (χ1n) is 8.37. The molecule has 4 aromatic rings. The number of para-hydroxylation sites is 2. The summed E-state index contributed by atoms with van der Waals surface area (Å²) >= 11 is 0. The van der Waals surface area contributed by atoms with Crippen molar-refractivity contribution in [1.29, 1.82) is 0 Å². The molecule has 128 valence electrons. The molecule has 0 aliphatic carbocycles. The number of benzene rings is 2. The van der Waals surface area contributed by atoms with Gasteiger partial charge in [-0.25, -0.2) is 9.78 Å². The van der Waals surface area contributed by atoms with Gasteiger partial charge in [-0.1, -0.05) is 42.5 Å². The molecule has 2 amide bonds. The van der Waals surface area contributed by atoms with Crippen LogP contribution in [0.4, 0.5) is 16.2 Å². The fourth-order valence-corrected chi connectivity index (χ4v) is 2.91. The van der Waals surface area contributed by atoms with Crippen molar-refractivity contribution in [2.45, 2.75) is 6.92 Å². The van der Waals surface area contributed by atoms with Gasteiger partial charge in [0, 0.05) is 23.6 Å². The Morgan fingerprint density at radius 1 is 0.923 bits per heavy atom. The molecule has 4 rings (SSSR count). The van der Waals surface area contributed by atoms with Gasteiger partial charge in [-0.05, 0) is 36.8 Å². The molecule has 0 unspecified atom stereocenters. The standard InChI is InChI=1S/C21H18N4O/c1-15-8-7-13-25-14-19(23-20(15)25)17-11-5-6-12-18(17)24-21(26)22-16-9-3-2-4-10-16/h2-14H,1H3,(H2,22,24,26). The summed E-state index contributed by atoms with van der Waals surface area (Å²) in [6.07, 6.45) is 3.94. The second kappa shape index (κ2) is 6.72. The number of aromatic nitrogens is 2. The quantitative estimate of drug-likeness (QED) is 0.553. The number of imidazole rings is 1. The molecule has 0 spiro atoms. The number of fused-ring (bicyclic) bond motifs is 1. The van der Waals surface area contributed by atoms with E-state index in [0.29, 0.717) is 5.69 Å². The van der Waals surface area contributed by atoms with Gasteiger partial charge < -0.3 is 15.0 Å². The van der Waals surface area contributed by atoms with Gasteiger partial charge in [0.05, 0.1) is 11.4 Å².